The van der Waals surface area contributed by atoms with Crippen molar-refractivity contribution >= 4 is 33.8 Å². The minimum absolute atomic E-state index is 0.0246. The third kappa shape index (κ3) is 2.36. The SMILES string of the molecule is O=C1S[C@@H](CF)CN1c1noc2c(F)c(F)c(C3OCCO3)cc12. The van der Waals surface area contributed by atoms with Crippen molar-refractivity contribution in [3.05, 3.63) is 23.3 Å². The van der Waals surface area contributed by atoms with Crippen LogP contribution in [0, 0.1) is 11.6 Å². The van der Waals surface area contributed by atoms with E-state index in [1.807, 2.05) is 0 Å². The lowest BCUT2D eigenvalue weighted by molar-refractivity contribution is -0.0467. The maximum absolute atomic E-state index is 14.3. The third-order valence-corrected chi connectivity index (χ3v) is 4.86. The van der Waals surface area contributed by atoms with Gasteiger partial charge in [0.1, 0.15) is 6.67 Å². The van der Waals surface area contributed by atoms with Gasteiger partial charge in [0.15, 0.2) is 17.9 Å². The largest absolute Gasteiger partial charge is 0.351 e. The second-order valence-corrected chi connectivity index (χ2v) is 6.57. The molecular formula is C14H11F3N2O4S. The van der Waals surface area contributed by atoms with Gasteiger partial charge in [-0.2, -0.15) is 4.39 Å². The molecule has 2 saturated heterocycles. The maximum atomic E-state index is 14.3. The van der Waals surface area contributed by atoms with E-state index in [2.05, 4.69) is 5.16 Å². The number of thioether (sulfide) groups is 1. The highest BCUT2D eigenvalue weighted by Crippen LogP contribution is 2.38. The molecule has 1 atom stereocenters. The summed E-state index contributed by atoms with van der Waals surface area (Å²) in [6.45, 7) is -0.0769. The predicted molar refractivity (Wildman–Crippen MR) is 78.7 cm³/mol. The zero-order chi connectivity index (χ0) is 16.8. The van der Waals surface area contributed by atoms with Crippen molar-refractivity contribution < 1.29 is 32.0 Å². The van der Waals surface area contributed by atoms with E-state index >= 15 is 0 Å². The van der Waals surface area contributed by atoms with Crippen LogP contribution < -0.4 is 4.90 Å². The molecule has 0 spiro atoms. The Morgan fingerprint density at radius 2 is 2.04 bits per heavy atom. The molecule has 0 aliphatic carbocycles. The van der Waals surface area contributed by atoms with Gasteiger partial charge in [0.2, 0.25) is 11.4 Å². The van der Waals surface area contributed by atoms with E-state index in [9.17, 15) is 18.0 Å². The summed E-state index contributed by atoms with van der Waals surface area (Å²) in [5.74, 6) is -2.36. The normalized spacial score (nSPS) is 22.2. The molecule has 2 aliphatic heterocycles. The van der Waals surface area contributed by atoms with Crippen LogP contribution in [-0.2, 0) is 9.47 Å². The van der Waals surface area contributed by atoms with Gasteiger partial charge in [0.25, 0.3) is 5.24 Å². The lowest BCUT2D eigenvalue weighted by atomic mass is 10.1. The van der Waals surface area contributed by atoms with Gasteiger partial charge in [-0.3, -0.25) is 9.69 Å². The number of nitrogens with zero attached hydrogens (tertiary/aromatic N) is 2. The molecule has 2 aromatic rings. The van der Waals surface area contributed by atoms with E-state index in [0.717, 1.165) is 11.8 Å². The van der Waals surface area contributed by atoms with E-state index in [4.69, 9.17) is 14.0 Å². The van der Waals surface area contributed by atoms with Crippen molar-refractivity contribution in [3.8, 4) is 0 Å². The van der Waals surface area contributed by atoms with Crippen molar-refractivity contribution in [3.63, 3.8) is 0 Å². The molecule has 10 heteroatoms. The van der Waals surface area contributed by atoms with Gasteiger partial charge in [0.05, 0.1) is 23.8 Å². The summed E-state index contributed by atoms with van der Waals surface area (Å²) in [6, 6.07) is 1.29. The topological polar surface area (TPSA) is 64.8 Å². The second-order valence-electron chi connectivity index (χ2n) is 5.32. The van der Waals surface area contributed by atoms with E-state index in [0.29, 0.717) is 0 Å². The molecule has 24 heavy (non-hydrogen) atoms. The first-order valence-electron chi connectivity index (χ1n) is 7.14. The first-order chi connectivity index (χ1) is 11.6. The van der Waals surface area contributed by atoms with Gasteiger partial charge in [0, 0.05) is 12.1 Å². The van der Waals surface area contributed by atoms with Gasteiger partial charge in [-0.1, -0.05) is 16.9 Å². The highest BCUT2D eigenvalue weighted by molar-refractivity contribution is 8.14. The number of alkyl halides is 1. The number of rotatable bonds is 3. The Hall–Kier alpha value is -1.78. The van der Waals surface area contributed by atoms with Crippen LogP contribution in [0.3, 0.4) is 0 Å². The smallest absolute Gasteiger partial charge is 0.287 e. The Bertz CT molecular complexity index is 809. The van der Waals surface area contributed by atoms with Crippen LogP contribution in [0.5, 0.6) is 0 Å². The van der Waals surface area contributed by atoms with Crippen LogP contribution in [0.25, 0.3) is 11.0 Å². The molecule has 4 rings (SSSR count). The first-order valence-corrected chi connectivity index (χ1v) is 8.02. The van der Waals surface area contributed by atoms with Gasteiger partial charge >= 0.3 is 0 Å². The van der Waals surface area contributed by atoms with Crippen molar-refractivity contribution in [1.82, 2.24) is 5.16 Å². The van der Waals surface area contributed by atoms with Crippen molar-refractivity contribution in [2.24, 2.45) is 0 Å². The van der Waals surface area contributed by atoms with Crippen LogP contribution >= 0.6 is 11.8 Å². The second kappa shape index (κ2) is 5.94. The number of benzene rings is 1. The summed E-state index contributed by atoms with van der Waals surface area (Å²) in [7, 11) is 0. The number of hydrogen-bond acceptors (Lipinski definition) is 6. The molecule has 0 N–H and O–H groups in total. The summed E-state index contributed by atoms with van der Waals surface area (Å²) in [4.78, 5) is 13.2. The zero-order valence-corrected chi connectivity index (χ0v) is 12.9. The molecule has 2 aliphatic rings. The standard InChI is InChI=1S/C14H11F3N2O4S/c15-4-6-5-19(14(20)24-6)12-8-3-7(13-21-1-2-22-13)9(16)10(17)11(8)23-18-12/h3,6,13H,1-2,4-5H2/t6-/m0/s1. The maximum Gasteiger partial charge on any atom is 0.287 e. The number of aromatic nitrogens is 1. The van der Waals surface area contributed by atoms with Crippen molar-refractivity contribution in [1.29, 1.82) is 0 Å². The van der Waals surface area contributed by atoms with Gasteiger partial charge in [-0.25, -0.2) is 8.78 Å². The Labute approximate surface area is 137 Å². The molecule has 0 saturated carbocycles. The van der Waals surface area contributed by atoms with Crippen LogP contribution in [0.1, 0.15) is 11.9 Å². The number of fused-ring (bicyclic) bond motifs is 1. The zero-order valence-electron chi connectivity index (χ0n) is 12.1. The Balaban J connectivity index is 1.82. The van der Waals surface area contributed by atoms with Crippen LogP contribution in [0.15, 0.2) is 10.6 Å². The minimum Gasteiger partial charge on any atom is -0.351 e. The van der Waals surface area contributed by atoms with E-state index in [-0.39, 0.29) is 36.5 Å². The molecule has 1 aromatic heterocycles. The average molecular weight is 360 g/mol. The lowest BCUT2D eigenvalue weighted by Gasteiger charge is -2.13. The molecule has 1 aromatic carbocycles. The molecule has 128 valence electrons. The Morgan fingerprint density at radius 1 is 1.29 bits per heavy atom. The number of carbonyl (C=O) groups excluding carboxylic acids is 1. The fourth-order valence-electron chi connectivity index (χ4n) is 2.70. The summed E-state index contributed by atoms with van der Waals surface area (Å²) in [5, 5.41) is 2.82. The third-order valence-electron chi connectivity index (χ3n) is 3.83. The highest BCUT2D eigenvalue weighted by Gasteiger charge is 2.36. The summed E-state index contributed by atoms with van der Waals surface area (Å²) in [6.07, 6.45) is -1.03. The van der Waals surface area contributed by atoms with E-state index in [1.54, 1.807) is 0 Å². The molecule has 1 amide bonds. The number of carbonyl (C=O) groups is 1. The van der Waals surface area contributed by atoms with Crippen LogP contribution in [0.2, 0.25) is 0 Å². The van der Waals surface area contributed by atoms with E-state index < -0.39 is 40.7 Å². The number of ether oxygens (including phenoxy) is 2. The van der Waals surface area contributed by atoms with Crippen molar-refractivity contribution in [2.45, 2.75) is 11.5 Å². The molecule has 0 unspecified atom stereocenters. The van der Waals surface area contributed by atoms with Crippen LogP contribution in [-0.4, -0.2) is 42.1 Å². The van der Waals surface area contributed by atoms with E-state index in [1.165, 1.54) is 11.0 Å². The predicted octanol–water partition coefficient (Wildman–Crippen LogP) is 3.16. The van der Waals surface area contributed by atoms with Crippen molar-refractivity contribution in [2.75, 3.05) is 31.3 Å². The average Bonchev–Trinajstić information content (AvgIpc) is 3.29. The van der Waals surface area contributed by atoms with Gasteiger partial charge < -0.3 is 14.0 Å². The number of amides is 1. The number of halogens is 3. The summed E-state index contributed by atoms with van der Waals surface area (Å²) >= 11 is 0.830. The van der Waals surface area contributed by atoms with Gasteiger partial charge in [-0.15, -0.1) is 0 Å². The monoisotopic (exact) mass is 360 g/mol. The highest BCUT2D eigenvalue weighted by atomic mass is 32.2. The quantitative estimate of drug-likeness (QED) is 0.838. The fraction of sp³-hybridized carbons (Fsp3) is 0.429. The Morgan fingerprint density at radius 3 is 2.71 bits per heavy atom. The number of anilines is 1. The Kier molecular flexibility index (Phi) is 3.89. The molecule has 0 bridgehead atoms. The summed E-state index contributed by atoms with van der Waals surface area (Å²) < 4.78 is 56.5. The van der Waals surface area contributed by atoms with Gasteiger partial charge in [-0.05, 0) is 6.07 Å². The molecule has 3 heterocycles. The minimum atomic E-state index is -1.23. The molecule has 6 nitrogen and oxygen atoms in total. The molecular weight excluding hydrogens is 349 g/mol. The molecule has 0 radical (unpaired) electrons. The molecule has 2 fully saturated rings. The number of hydrogen-bond donors (Lipinski definition) is 0. The first kappa shape index (κ1) is 15.7. The van der Waals surface area contributed by atoms with Crippen LogP contribution in [0.4, 0.5) is 23.8 Å². The summed E-state index contributed by atoms with van der Waals surface area (Å²) in [5.41, 5.74) is -0.547. The fourth-order valence-corrected chi connectivity index (χ4v) is 3.56. The lowest BCUT2D eigenvalue weighted by Crippen LogP contribution is -2.25.